The minimum absolute atomic E-state index is 0.00838. The highest BCUT2D eigenvalue weighted by molar-refractivity contribution is 8.00. The average molecular weight is 204 g/mol. The molecule has 13 heavy (non-hydrogen) atoms. The van der Waals surface area contributed by atoms with Gasteiger partial charge in [-0.2, -0.15) is 11.8 Å². The fraction of sp³-hybridized carbons (Fsp3) is 0.889. The molecule has 0 radical (unpaired) electrons. The Morgan fingerprint density at radius 2 is 2.23 bits per heavy atom. The highest BCUT2D eigenvalue weighted by atomic mass is 32.2. The number of methoxy groups -OCH3 is 1. The molecule has 1 fully saturated rings. The highest BCUT2D eigenvalue weighted by Crippen LogP contribution is 2.59. The Morgan fingerprint density at radius 1 is 1.62 bits per heavy atom. The van der Waals surface area contributed by atoms with Crippen LogP contribution >= 0.6 is 11.8 Å². The number of ether oxygens (including phenoxy) is 1. The molecule has 0 heterocycles. The molecule has 3 nitrogen and oxygen atoms in total. The molecule has 0 saturated heterocycles. The summed E-state index contributed by atoms with van der Waals surface area (Å²) in [5.41, 5.74) is 0.0347. The molecular weight excluding hydrogens is 188 g/mol. The van der Waals surface area contributed by atoms with Crippen molar-refractivity contribution < 1.29 is 14.6 Å². The summed E-state index contributed by atoms with van der Waals surface area (Å²) in [6, 6.07) is 0. The van der Waals surface area contributed by atoms with E-state index in [1.807, 2.05) is 0 Å². The SMILES string of the molecule is COC(=O)[C@H]1[C@@H](SCCO)C1(C)C. The van der Waals surface area contributed by atoms with E-state index in [9.17, 15) is 4.79 Å². The van der Waals surface area contributed by atoms with Crippen molar-refractivity contribution in [2.45, 2.75) is 19.1 Å². The van der Waals surface area contributed by atoms with Crippen LogP contribution in [-0.2, 0) is 9.53 Å². The van der Waals surface area contributed by atoms with Crippen molar-refractivity contribution in [3.8, 4) is 0 Å². The lowest BCUT2D eigenvalue weighted by Crippen LogP contribution is -2.07. The fourth-order valence-corrected chi connectivity index (χ4v) is 3.15. The fourth-order valence-electron chi connectivity index (χ4n) is 1.64. The van der Waals surface area contributed by atoms with Crippen LogP contribution in [0.3, 0.4) is 0 Å². The maximum absolute atomic E-state index is 11.3. The number of thioether (sulfide) groups is 1. The molecule has 0 spiro atoms. The minimum atomic E-state index is -0.125. The van der Waals surface area contributed by atoms with E-state index in [-0.39, 0.29) is 23.9 Å². The Balaban J connectivity index is 2.46. The van der Waals surface area contributed by atoms with Gasteiger partial charge in [0.25, 0.3) is 0 Å². The molecule has 1 aliphatic carbocycles. The van der Waals surface area contributed by atoms with E-state index in [0.717, 1.165) is 0 Å². The molecule has 1 rings (SSSR count). The van der Waals surface area contributed by atoms with Gasteiger partial charge in [0.2, 0.25) is 0 Å². The maximum Gasteiger partial charge on any atom is 0.310 e. The van der Waals surface area contributed by atoms with Gasteiger partial charge in [-0.25, -0.2) is 0 Å². The highest BCUT2D eigenvalue weighted by Gasteiger charge is 2.62. The molecular formula is C9H16O3S. The van der Waals surface area contributed by atoms with Crippen LogP contribution in [0.15, 0.2) is 0 Å². The summed E-state index contributed by atoms with van der Waals surface area (Å²) >= 11 is 1.65. The Hall–Kier alpha value is -0.220. The quantitative estimate of drug-likeness (QED) is 0.691. The lowest BCUT2D eigenvalue weighted by Gasteiger charge is -1.99. The molecule has 1 saturated carbocycles. The number of carbonyl (C=O) groups is 1. The van der Waals surface area contributed by atoms with E-state index in [4.69, 9.17) is 9.84 Å². The van der Waals surface area contributed by atoms with E-state index < -0.39 is 0 Å². The van der Waals surface area contributed by atoms with Crippen LogP contribution in [0.5, 0.6) is 0 Å². The third-order valence-corrected chi connectivity index (χ3v) is 4.23. The van der Waals surface area contributed by atoms with Crippen LogP contribution in [0.4, 0.5) is 0 Å². The van der Waals surface area contributed by atoms with Gasteiger partial charge >= 0.3 is 5.97 Å². The van der Waals surface area contributed by atoms with Crippen molar-refractivity contribution >= 4 is 17.7 Å². The number of aliphatic hydroxyl groups excluding tert-OH is 1. The Kier molecular flexibility index (Phi) is 3.24. The standard InChI is InChI=1S/C9H16O3S/c1-9(2)6(8(11)12-3)7(9)13-5-4-10/h6-7,10H,4-5H2,1-3H3/t6-,7-/m1/s1. The second-order valence-electron chi connectivity index (χ2n) is 3.84. The van der Waals surface area contributed by atoms with Crippen molar-refractivity contribution in [3.63, 3.8) is 0 Å². The van der Waals surface area contributed by atoms with Gasteiger partial charge < -0.3 is 9.84 Å². The zero-order chi connectivity index (χ0) is 10.1. The third kappa shape index (κ3) is 1.99. The van der Waals surface area contributed by atoms with Crippen molar-refractivity contribution in [2.75, 3.05) is 19.5 Å². The molecule has 0 aromatic carbocycles. The van der Waals surface area contributed by atoms with E-state index >= 15 is 0 Å². The topological polar surface area (TPSA) is 46.5 Å². The summed E-state index contributed by atoms with van der Waals surface area (Å²) in [4.78, 5) is 11.3. The molecule has 1 aliphatic rings. The Morgan fingerprint density at radius 3 is 2.69 bits per heavy atom. The number of hydrogen-bond acceptors (Lipinski definition) is 4. The van der Waals surface area contributed by atoms with Crippen LogP contribution in [0, 0.1) is 11.3 Å². The number of esters is 1. The lowest BCUT2D eigenvalue weighted by molar-refractivity contribution is -0.142. The molecule has 4 heteroatoms. The third-order valence-electron chi connectivity index (χ3n) is 2.57. The molecule has 76 valence electrons. The average Bonchev–Trinajstić information content (AvgIpc) is 2.63. The molecule has 2 atom stereocenters. The van der Waals surface area contributed by atoms with Crippen LogP contribution in [0.25, 0.3) is 0 Å². The smallest absolute Gasteiger partial charge is 0.310 e. The summed E-state index contributed by atoms with van der Waals surface area (Å²) in [7, 11) is 1.42. The summed E-state index contributed by atoms with van der Waals surface area (Å²) < 4.78 is 4.71. The van der Waals surface area contributed by atoms with Crippen molar-refractivity contribution in [2.24, 2.45) is 11.3 Å². The number of rotatable bonds is 4. The van der Waals surface area contributed by atoms with Crippen molar-refractivity contribution in [3.05, 3.63) is 0 Å². The second-order valence-corrected chi connectivity index (χ2v) is 5.09. The number of aliphatic hydroxyl groups is 1. The van der Waals surface area contributed by atoms with E-state index in [0.29, 0.717) is 11.0 Å². The predicted octanol–water partition coefficient (Wildman–Crippen LogP) is 0.909. The van der Waals surface area contributed by atoms with Gasteiger partial charge in [0.15, 0.2) is 0 Å². The van der Waals surface area contributed by atoms with Gasteiger partial charge in [-0.1, -0.05) is 13.8 Å². The molecule has 0 aromatic heterocycles. The number of hydrogen-bond donors (Lipinski definition) is 1. The first-order valence-corrected chi connectivity index (χ1v) is 5.41. The van der Waals surface area contributed by atoms with Crippen LogP contribution in [-0.4, -0.2) is 35.8 Å². The zero-order valence-corrected chi connectivity index (χ0v) is 9.06. The molecule has 0 unspecified atom stereocenters. The van der Waals surface area contributed by atoms with E-state index in [1.54, 1.807) is 11.8 Å². The van der Waals surface area contributed by atoms with Crippen LogP contribution < -0.4 is 0 Å². The summed E-state index contributed by atoms with van der Waals surface area (Å²) in [5.74, 6) is 0.580. The predicted molar refractivity (Wildman–Crippen MR) is 52.6 cm³/mol. The first-order valence-electron chi connectivity index (χ1n) is 4.36. The molecule has 1 N–H and O–H groups in total. The Labute approximate surface area is 82.8 Å². The summed E-state index contributed by atoms with van der Waals surface area (Å²) in [5, 5.41) is 8.97. The van der Waals surface area contributed by atoms with Gasteiger partial charge in [0, 0.05) is 11.0 Å². The van der Waals surface area contributed by atoms with Gasteiger partial charge in [-0.15, -0.1) is 0 Å². The van der Waals surface area contributed by atoms with E-state index in [1.165, 1.54) is 7.11 Å². The number of carbonyl (C=O) groups excluding carboxylic acids is 1. The van der Waals surface area contributed by atoms with Crippen LogP contribution in [0.2, 0.25) is 0 Å². The monoisotopic (exact) mass is 204 g/mol. The molecule has 0 bridgehead atoms. The van der Waals surface area contributed by atoms with Gasteiger partial charge in [-0.3, -0.25) is 4.79 Å². The summed E-state index contributed by atoms with van der Waals surface area (Å²) in [6.07, 6.45) is 0. The first kappa shape index (κ1) is 10.9. The van der Waals surface area contributed by atoms with Crippen molar-refractivity contribution in [1.29, 1.82) is 0 Å². The largest absolute Gasteiger partial charge is 0.469 e. The Bertz CT molecular complexity index is 203. The molecule has 0 amide bonds. The second kappa shape index (κ2) is 3.88. The molecule has 0 aromatic rings. The zero-order valence-electron chi connectivity index (χ0n) is 8.24. The lowest BCUT2D eigenvalue weighted by atomic mass is 10.1. The summed E-state index contributed by atoms with van der Waals surface area (Å²) in [6.45, 7) is 4.29. The van der Waals surface area contributed by atoms with Gasteiger partial charge in [-0.05, 0) is 5.41 Å². The normalized spacial score (nSPS) is 29.8. The van der Waals surface area contributed by atoms with Crippen molar-refractivity contribution in [1.82, 2.24) is 0 Å². The van der Waals surface area contributed by atoms with E-state index in [2.05, 4.69) is 13.8 Å². The maximum atomic E-state index is 11.3. The van der Waals surface area contributed by atoms with Gasteiger partial charge in [0.05, 0.1) is 19.6 Å². The minimum Gasteiger partial charge on any atom is -0.469 e. The first-order chi connectivity index (χ1) is 6.05. The molecule has 0 aliphatic heterocycles. The van der Waals surface area contributed by atoms with Crippen LogP contribution in [0.1, 0.15) is 13.8 Å². The van der Waals surface area contributed by atoms with Gasteiger partial charge in [0.1, 0.15) is 0 Å².